The van der Waals surface area contributed by atoms with Crippen LogP contribution in [-0.2, 0) is 14.8 Å². The lowest BCUT2D eigenvalue weighted by Gasteiger charge is -2.32. The van der Waals surface area contributed by atoms with Crippen LogP contribution in [0.1, 0.15) is 41.0 Å². The molecule has 2 N–H and O–H groups in total. The van der Waals surface area contributed by atoms with Gasteiger partial charge in [0.25, 0.3) is 5.91 Å². The summed E-state index contributed by atoms with van der Waals surface area (Å²) in [6.07, 6.45) is 0.590. The lowest BCUT2D eigenvalue weighted by atomic mass is 10.0. The molecule has 1 amide bonds. The number of ether oxygens (including phenoxy) is 1. The molecule has 30 heavy (non-hydrogen) atoms. The van der Waals surface area contributed by atoms with Crippen molar-refractivity contribution in [3.8, 4) is 5.75 Å². The summed E-state index contributed by atoms with van der Waals surface area (Å²) in [7, 11) is -3.98. The number of carbonyl (C=O) groups excluding carboxylic acids is 1. The molecule has 8 heteroatoms. The van der Waals surface area contributed by atoms with Gasteiger partial charge in [0.2, 0.25) is 10.0 Å². The number of benzene rings is 2. The van der Waals surface area contributed by atoms with E-state index in [-0.39, 0.29) is 23.3 Å². The molecule has 0 radical (unpaired) electrons. The molecule has 7 nitrogen and oxygen atoms in total. The van der Waals surface area contributed by atoms with Gasteiger partial charge in [-0.1, -0.05) is 39.8 Å². The number of sulfonamides is 1. The third kappa shape index (κ3) is 5.50. The van der Waals surface area contributed by atoms with Crippen molar-refractivity contribution < 1.29 is 23.2 Å². The molecule has 0 spiro atoms. The highest BCUT2D eigenvalue weighted by molar-refractivity contribution is 7.89. The van der Waals surface area contributed by atoms with Gasteiger partial charge in [0.15, 0.2) is 0 Å². The van der Waals surface area contributed by atoms with Gasteiger partial charge in [-0.15, -0.1) is 0 Å². The Balaban J connectivity index is 2.52. The first-order chi connectivity index (χ1) is 14.1. The van der Waals surface area contributed by atoms with Crippen LogP contribution in [0, 0.1) is 11.8 Å². The number of nitrogens with one attached hydrogen (secondary N) is 1. The summed E-state index contributed by atoms with van der Waals surface area (Å²) in [6, 6.07) is 9.35. The van der Waals surface area contributed by atoms with Crippen LogP contribution in [0.15, 0.2) is 41.3 Å². The van der Waals surface area contributed by atoms with Crippen molar-refractivity contribution in [1.29, 1.82) is 0 Å². The van der Waals surface area contributed by atoms with Crippen LogP contribution in [0.4, 0.5) is 0 Å². The predicted octanol–water partition coefficient (Wildman–Crippen LogP) is 3.81. The Morgan fingerprint density at radius 3 is 2.30 bits per heavy atom. The first kappa shape index (κ1) is 24.1. The lowest BCUT2D eigenvalue weighted by Crippen LogP contribution is -2.52. The molecule has 0 saturated heterocycles. The molecule has 0 fully saturated rings. The minimum atomic E-state index is -3.98. The van der Waals surface area contributed by atoms with Crippen molar-refractivity contribution in [3.05, 3.63) is 36.4 Å². The van der Waals surface area contributed by atoms with E-state index in [0.29, 0.717) is 13.0 Å². The van der Waals surface area contributed by atoms with Crippen molar-refractivity contribution in [2.45, 2.75) is 52.0 Å². The highest BCUT2D eigenvalue weighted by Gasteiger charge is 2.37. The number of hydrogen-bond acceptors (Lipinski definition) is 5. The van der Waals surface area contributed by atoms with Gasteiger partial charge < -0.3 is 4.74 Å². The van der Waals surface area contributed by atoms with Gasteiger partial charge >= 0.3 is 0 Å². The number of carbonyl (C=O) groups is 1. The fourth-order valence-electron chi connectivity index (χ4n) is 3.38. The summed E-state index contributed by atoms with van der Waals surface area (Å²) in [5.41, 5.74) is 1.63. The Hall–Kier alpha value is -2.16. The van der Waals surface area contributed by atoms with Crippen LogP contribution in [0.5, 0.6) is 5.75 Å². The molecule has 0 aliphatic heterocycles. The molecule has 2 aromatic rings. The van der Waals surface area contributed by atoms with E-state index in [1.807, 2.05) is 32.9 Å². The SMILES string of the molecule is CCOc1ccc2cc(S(=O)(=O)N(CCC(C)C)C(C(=O)NO)C(C)C)ccc2c1. The van der Waals surface area contributed by atoms with E-state index in [2.05, 4.69) is 0 Å². The van der Waals surface area contributed by atoms with E-state index in [1.165, 1.54) is 4.31 Å². The molecular formula is C22H32N2O5S. The maximum Gasteiger partial charge on any atom is 0.262 e. The molecule has 1 unspecified atom stereocenters. The Labute approximate surface area is 179 Å². The molecule has 2 rings (SSSR count). The molecule has 2 aromatic carbocycles. The molecule has 0 bridgehead atoms. The third-order valence-corrected chi connectivity index (χ3v) is 6.82. The van der Waals surface area contributed by atoms with Crippen LogP contribution < -0.4 is 10.2 Å². The molecule has 0 saturated carbocycles. The smallest absolute Gasteiger partial charge is 0.262 e. The van der Waals surface area contributed by atoms with Crippen LogP contribution >= 0.6 is 0 Å². The van der Waals surface area contributed by atoms with Crippen molar-refractivity contribution in [1.82, 2.24) is 9.79 Å². The maximum atomic E-state index is 13.6. The summed E-state index contributed by atoms with van der Waals surface area (Å²) in [4.78, 5) is 12.5. The zero-order valence-electron chi connectivity index (χ0n) is 18.3. The molecule has 0 heterocycles. The van der Waals surface area contributed by atoms with Gasteiger partial charge in [-0.2, -0.15) is 4.31 Å². The average molecular weight is 437 g/mol. The summed E-state index contributed by atoms with van der Waals surface area (Å²) >= 11 is 0. The molecule has 0 aliphatic rings. The quantitative estimate of drug-likeness (QED) is 0.436. The molecular weight excluding hydrogens is 404 g/mol. The standard InChI is InChI=1S/C22H32N2O5S/c1-6-29-19-9-7-18-14-20(10-8-17(18)13-19)30(27,28)24(12-11-15(2)3)21(16(4)5)22(25)23-26/h7-10,13-16,21,26H,6,11-12H2,1-5H3,(H,23,25). The van der Waals surface area contributed by atoms with Gasteiger partial charge in [0, 0.05) is 6.54 Å². The second-order valence-corrected chi connectivity index (χ2v) is 9.96. The molecule has 1 atom stereocenters. The fourth-order valence-corrected chi connectivity index (χ4v) is 5.15. The maximum absolute atomic E-state index is 13.6. The summed E-state index contributed by atoms with van der Waals surface area (Å²) in [6.45, 7) is 10.1. The average Bonchev–Trinajstić information content (AvgIpc) is 2.69. The monoisotopic (exact) mass is 436 g/mol. The minimum absolute atomic E-state index is 0.110. The Morgan fingerprint density at radius 1 is 1.10 bits per heavy atom. The number of rotatable bonds is 10. The number of hydrogen-bond donors (Lipinski definition) is 2. The highest BCUT2D eigenvalue weighted by Crippen LogP contribution is 2.28. The Morgan fingerprint density at radius 2 is 1.73 bits per heavy atom. The van der Waals surface area contributed by atoms with Gasteiger partial charge in [-0.05, 0) is 60.2 Å². The van der Waals surface area contributed by atoms with Crippen molar-refractivity contribution in [2.75, 3.05) is 13.2 Å². The second kappa shape index (κ2) is 10.2. The first-order valence-electron chi connectivity index (χ1n) is 10.2. The van der Waals surface area contributed by atoms with E-state index in [0.717, 1.165) is 16.5 Å². The molecule has 166 valence electrons. The zero-order valence-corrected chi connectivity index (χ0v) is 19.1. The van der Waals surface area contributed by atoms with E-state index in [1.54, 1.807) is 43.6 Å². The predicted molar refractivity (Wildman–Crippen MR) is 117 cm³/mol. The summed E-state index contributed by atoms with van der Waals surface area (Å²) in [5.74, 6) is -0.0901. The molecule has 0 aliphatic carbocycles. The van der Waals surface area contributed by atoms with Gasteiger partial charge in [-0.25, -0.2) is 13.9 Å². The summed E-state index contributed by atoms with van der Waals surface area (Å²) < 4.78 is 33.8. The summed E-state index contributed by atoms with van der Waals surface area (Å²) in [5, 5.41) is 10.8. The van der Waals surface area contributed by atoms with Gasteiger partial charge in [-0.3, -0.25) is 10.0 Å². The lowest BCUT2D eigenvalue weighted by molar-refractivity contribution is -0.134. The zero-order chi connectivity index (χ0) is 22.5. The Bertz CT molecular complexity index is 973. The Kier molecular flexibility index (Phi) is 8.23. The topological polar surface area (TPSA) is 95.9 Å². The van der Waals surface area contributed by atoms with Crippen molar-refractivity contribution >= 4 is 26.7 Å². The number of fused-ring (bicyclic) bond motifs is 1. The number of amides is 1. The van der Waals surface area contributed by atoms with E-state index < -0.39 is 22.0 Å². The van der Waals surface area contributed by atoms with Crippen LogP contribution in [0.3, 0.4) is 0 Å². The van der Waals surface area contributed by atoms with Crippen LogP contribution in [-0.4, -0.2) is 43.0 Å². The van der Waals surface area contributed by atoms with Crippen molar-refractivity contribution in [3.63, 3.8) is 0 Å². The van der Waals surface area contributed by atoms with Gasteiger partial charge in [0.1, 0.15) is 11.8 Å². The normalized spacial score (nSPS) is 13.2. The van der Waals surface area contributed by atoms with E-state index >= 15 is 0 Å². The van der Waals surface area contributed by atoms with Crippen LogP contribution in [0.25, 0.3) is 10.8 Å². The minimum Gasteiger partial charge on any atom is -0.494 e. The highest BCUT2D eigenvalue weighted by atomic mass is 32.2. The number of nitrogens with zero attached hydrogens (tertiary/aromatic N) is 1. The van der Waals surface area contributed by atoms with Gasteiger partial charge in [0.05, 0.1) is 11.5 Å². The third-order valence-electron chi connectivity index (χ3n) is 4.95. The fraction of sp³-hybridized carbons (Fsp3) is 0.500. The molecule has 0 aromatic heterocycles. The van der Waals surface area contributed by atoms with E-state index in [9.17, 15) is 18.4 Å². The van der Waals surface area contributed by atoms with E-state index in [4.69, 9.17) is 4.74 Å². The first-order valence-corrected chi connectivity index (χ1v) is 11.7. The number of hydroxylamine groups is 1. The van der Waals surface area contributed by atoms with Crippen molar-refractivity contribution in [2.24, 2.45) is 11.8 Å². The van der Waals surface area contributed by atoms with Crippen LogP contribution in [0.2, 0.25) is 0 Å². The largest absolute Gasteiger partial charge is 0.494 e. The second-order valence-electron chi connectivity index (χ2n) is 8.07.